The summed E-state index contributed by atoms with van der Waals surface area (Å²) in [4.78, 5) is 27.7. The molecule has 1 saturated carbocycles. The highest BCUT2D eigenvalue weighted by Crippen LogP contribution is 2.56. The number of pyridine rings is 1. The Morgan fingerprint density at radius 2 is 2.21 bits per heavy atom. The lowest BCUT2D eigenvalue weighted by molar-refractivity contribution is 0.0936. The highest BCUT2D eigenvalue weighted by atomic mass is 19.1. The van der Waals surface area contributed by atoms with Gasteiger partial charge in [0.25, 0.3) is 5.91 Å². The van der Waals surface area contributed by atoms with E-state index in [9.17, 15) is 9.18 Å². The molecule has 3 aliphatic rings. The highest BCUT2D eigenvalue weighted by molar-refractivity contribution is 5.93. The van der Waals surface area contributed by atoms with Crippen LogP contribution in [0.4, 0.5) is 4.39 Å². The molecular formula is C30H29FN6O. The third-order valence-corrected chi connectivity index (χ3v) is 7.99. The smallest absolute Gasteiger partial charge is 0.270 e. The number of hydrogen-bond acceptors (Lipinski definition) is 4. The van der Waals surface area contributed by atoms with Gasteiger partial charge in [-0.05, 0) is 55.9 Å². The largest absolute Gasteiger partial charge is 0.356 e. The van der Waals surface area contributed by atoms with Crippen molar-refractivity contribution in [2.24, 2.45) is 11.3 Å². The van der Waals surface area contributed by atoms with Crippen LogP contribution in [-0.4, -0.2) is 56.6 Å². The van der Waals surface area contributed by atoms with Crippen LogP contribution in [0.1, 0.15) is 55.4 Å². The summed E-state index contributed by atoms with van der Waals surface area (Å²) in [6.07, 6.45) is 1.78. The maximum atomic E-state index is 14.3. The van der Waals surface area contributed by atoms with Crippen LogP contribution >= 0.6 is 0 Å². The first kappa shape index (κ1) is 20.1. The number of hydrogen-bond donors (Lipinski definition) is 2. The first-order chi connectivity index (χ1) is 19.6. The summed E-state index contributed by atoms with van der Waals surface area (Å²) in [6.45, 7) is 0.917. The lowest BCUT2D eigenvalue weighted by Gasteiger charge is -2.17. The Morgan fingerprint density at radius 3 is 3.05 bits per heavy atom. The molecule has 8 heteroatoms. The zero-order valence-electron chi connectivity index (χ0n) is 24.0. The minimum absolute atomic E-state index is 0.218. The number of amides is 1. The van der Waals surface area contributed by atoms with E-state index >= 15 is 0 Å². The van der Waals surface area contributed by atoms with Crippen LogP contribution < -0.4 is 5.32 Å². The summed E-state index contributed by atoms with van der Waals surface area (Å²) >= 11 is 0. The number of halogens is 1. The number of rotatable bonds is 4. The monoisotopic (exact) mass is 511 g/mol. The summed E-state index contributed by atoms with van der Waals surface area (Å²) in [5.74, 6) is 6.40. The van der Waals surface area contributed by atoms with Crippen LogP contribution in [0.15, 0.2) is 48.8 Å². The van der Waals surface area contributed by atoms with E-state index in [1.807, 2.05) is 43.3 Å². The molecule has 1 aliphatic carbocycles. The van der Waals surface area contributed by atoms with Crippen LogP contribution in [0.3, 0.4) is 0 Å². The molecule has 192 valence electrons. The van der Waals surface area contributed by atoms with Gasteiger partial charge in [-0.25, -0.2) is 14.4 Å². The van der Waals surface area contributed by atoms with Gasteiger partial charge in [-0.3, -0.25) is 4.79 Å². The maximum Gasteiger partial charge on any atom is 0.270 e. The SMILES string of the molecule is [2H]C([2H])([2H])N1C[C@H]2C[C@@]2(C#Cc2cc(C)nc(C(=O)NC(c3cc4ccccc4[nH]3)c3ncn4c3C[C@@H](F)C4)c2)C1. The Kier molecular flexibility index (Phi) is 4.51. The molecule has 4 aromatic rings. The van der Waals surface area contributed by atoms with Crippen LogP contribution in [0, 0.1) is 30.1 Å². The van der Waals surface area contributed by atoms with Crippen molar-refractivity contribution in [1.29, 1.82) is 0 Å². The number of carbonyl (C=O) groups is 1. The van der Waals surface area contributed by atoms with Gasteiger partial charge < -0.3 is 19.8 Å². The fourth-order valence-electron chi connectivity index (χ4n) is 6.01. The zero-order chi connectivity index (χ0) is 28.5. The molecule has 7 rings (SSSR count). The molecule has 1 amide bonds. The van der Waals surface area contributed by atoms with E-state index in [1.165, 1.54) is 4.90 Å². The average molecular weight is 512 g/mol. The number of aromatic nitrogens is 4. The quantitative estimate of drug-likeness (QED) is 0.409. The number of H-pyrrole nitrogens is 1. The van der Waals surface area contributed by atoms with Crippen LogP contribution in [0.5, 0.6) is 0 Å². The van der Waals surface area contributed by atoms with Crippen LogP contribution in [0.25, 0.3) is 10.9 Å². The predicted molar refractivity (Wildman–Crippen MR) is 142 cm³/mol. The second-order valence-electron chi connectivity index (χ2n) is 10.8. The van der Waals surface area contributed by atoms with Crippen molar-refractivity contribution >= 4 is 16.8 Å². The van der Waals surface area contributed by atoms with Crippen LogP contribution in [-0.2, 0) is 13.0 Å². The average Bonchev–Trinajstić information content (AvgIpc) is 3.38. The van der Waals surface area contributed by atoms with E-state index in [0.717, 1.165) is 28.7 Å². The molecule has 2 N–H and O–H groups in total. The summed E-state index contributed by atoms with van der Waals surface area (Å²) in [7, 11) is 0. The standard InChI is InChI=1S/C30H29FN6O/c1-18-9-19(7-8-30-13-21(30)14-36(2)16-30)10-25(33-18)29(38)35-27(24-11-20-5-3-4-6-23(20)34-24)28-26-12-22(31)15-37(26)17-32-28/h3-6,9-11,17,21-22,27,34H,12-16H2,1-2H3,(H,35,38)/t21-,22-,27?,30+/m1/s1/i2D3. The maximum absolute atomic E-state index is 14.3. The molecule has 1 unspecified atom stereocenters. The second-order valence-corrected chi connectivity index (χ2v) is 10.8. The fourth-order valence-corrected chi connectivity index (χ4v) is 6.01. The molecule has 0 spiro atoms. The normalized spacial score (nSPS) is 26.0. The van der Waals surface area contributed by atoms with Gasteiger partial charge in [-0.1, -0.05) is 30.0 Å². The van der Waals surface area contributed by atoms with Crippen molar-refractivity contribution < 1.29 is 13.3 Å². The summed E-state index contributed by atoms with van der Waals surface area (Å²) < 4.78 is 39.2. The lowest BCUT2D eigenvalue weighted by atomic mass is 10.0. The molecule has 0 radical (unpaired) electrons. The van der Waals surface area contributed by atoms with Crippen molar-refractivity contribution in [3.05, 3.63) is 82.8 Å². The van der Waals surface area contributed by atoms with E-state index in [2.05, 4.69) is 32.1 Å². The van der Waals surface area contributed by atoms with Crippen molar-refractivity contribution in [2.45, 2.75) is 38.5 Å². The van der Waals surface area contributed by atoms with Crippen LogP contribution in [0.2, 0.25) is 0 Å². The molecular weight excluding hydrogens is 479 g/mol. The number of nitrogens with one attached hydrogen (secondary N) is 2. The van der Waals surface area contributed by atoms with Gasteiger partial charge in [0.15, 0.2) is 0 Å². The summed E-state index contributed by atoms with van der Waals surface area (Å²) in [5.41, 5.74) is 4.26. The molecule has 38 heavy (non-hydrogen) atoms. The molecule has 2 aliphatic heterocycles. The number of carbonyl (C=O) groups excluding carboxylic acids is 1. The number of para-hydroxylation sites is 1. The minimum atomic E-state index is -2.11. The molecule has 3 aromatic heterocycles. The number of aryl methyl sites for hydroxylation is 1. The van der Waals surface area contributed by atoms with Gasteiger partial charge in [0, 0.05) is 57.2 Å². The molecule has 0 bridgehead atoms. The van der Waals surface area contributed by atoms with Gasteiger partial charge in [0.1, 0.15) is 17.9 Å². The van der Waals surface area contributed by atoms with Gasteiger partial charge in [-0.2, -0.15) is 0 Å². The summed E-state index contributed by atoms with van der Waals surface area (Å²) in [6, 6.07) is 12.7. The zero-order valence-corrected chi connectivity index (χ0v) is 21.0. The van der Waals surface area contributed by atoms with Crippen molar-refractivity contribution in [2.75, 3.05) is 20.1 Å². The summed E-state index contributed by atoms with van der Waals surface area (Å²) in [5, 5.41) is 4.09. The number of alkyl halides is 1. The Morgan fingerprint density at radius 1 is 1.32 bits per heavy atom. The molecule has 5 heterocycles. The van der Waals surface area contributed by atoms with Gasteiger partial charge >= 0.3 is 0 Å². The molecule has 7 nitrogen and oxygen atoms in total. The number of imidazole rings is 1. The van der Waals surface area contributed by atoms with Crippen molar-refractivity contribution in [3.8, 4) is 11.8 Å². The van der Waals surface area contributed by atoms with E-state index in [0.29, 0.717) is 30.0 Å². The van der Waals surface area contributed by atoms with E-state index in [4.69, 9.17) is 4.11 Å². The number of nitrogens with zero attached hydrogens (tertiary/aromatic N) is 4. The highest BCUT2D eigenvalue weighted by Gasteiger charge is 2.58. The van der Waals surface area contributed by atoms with Gasteiger partial charge in [-0.15, -0.1) is 0 Å². The number of aromatic amines is 1. The number of benzene rings is 1. The minimum Gasteiger partial charge on any atom is -0.356 e. The third-order valence-electron chi connectivity index (χ3n) is 7.99. The van der Waals surface area contributed by atoms with E-state index < -0.39 is 25.1 Å². The lowest BCUT2D eigenvalue weighted by Crippen LogP contribution is -2.31. The van der Waals surface area contributed by atoms with E-state index in [-0.39, 0.29) is 30.0 Å². The fraction of sp³-hybridized carbons (Fsp3) is 0.367. The van der Waals surface area contributed by atoms with Crippen molar-refractivity contribution in [1.82, 2.24) is 29.7 Å². The Hall–Kier alpha value is -3.96. The van der Waals surface area contributed by atoms with Crippen molar-refractivity contribution in [3.63, 3.8) is 0 Å². The number of likely N-dealkylation sites (tertiary alicyclic amines) is 1. The molecule has 1 aromatic carbocycles. The Bertz CT molecular complexity index is 1720. The first-order valence-electron chi connectivity index (χ1n) is 14.4. The number of fused-ring (bicyclic) bond motifs is 3. The molecule has 4 atom stereocenters. The second kappa shape index (κ2) is 8.53. The number of piperidine rings is 1. The van der Waals surface area contributed by atoms with Gasteiger partial charge in [0.05, 0.1) is 18.6 Å². The first-order valence-corrected chi connectivity index (χ1v) is 12.9. The third kappa shape index (κ3) is 3.98. The molecule has 2 fully saturated rings. The molecule has 1 saturated heterocycles. The van der Waals surface area contributed by atoms with Gasteiger partial charge in [0.2, 0.25) is 0 Å². The Balaban J connectivity index is 1.18. The van der Waals surface area contributed by atoms with E-state index in [1.54, 1.807) is 17.0 Å². The topological polar surface area (TPSA) is 78.8 Å². The Labute approximate surface area is 224 Å². The predicted octanol–water partition coefficient (Wildman–Crippen LogP) is 3.78.